The van der Waals surface area contributed by atoms with Crippen molar-refractivity contribution in [3.8, 4) is 5.75 Å². The summed E-state index contributed by atoms with van der Waals surface area (Å²) in [7, 11) is 1.50. The first-order valence-corrected chi connectivity index (χ1v) is 17.9. The SMILES string of the molecule is COCCC(=O)N[C@H]1Cc2ccc(cc2)OC[C@H](CC(C)C)NC(=O)Cn2nc(CC3CC3)nc2[C@@H](Cc2ccccc2)NC(=O)[C@@H](C)NC1=O. The molecule has 0 unspecified atom stereocenters. The maximum absolute atomic E-state index is 13.8. The van der Waals surface area contributed by atoms with Crippen molar-refractivity contribution in [2.24, 2.45) is 11.8 Å². The van der Waals surface area contributed by atoms with Crippen LogP contribution in [0.15, 0.2) is 54.6 Å². The first-order valence-electron chi connectivity index (χ1n) is 17.9. The molecule has 13 nitrogen and oxygen atoms in total. The number of ether oxygens (including phenoxy) is 2. The van der Waals surface area contributed by atoms with Gasteiger partial charge in [-0.2, -0.15) is 5.10 Å². The second-order valence-electron chi connectivity index (χ2n) is 14.1. The summed E-state index contributed by atoms with van der Waals surface area (Å²) in [5, 5.41) is 16.6. The molecule has 1 aromatic heterocycles. The Morgan fingerprint density at radius 1 is 1.00 bits per heavy atom. The van der Waals surface area contributed by atoms with Gasteiger partial charge in [0.1, 0.15) is 31.0 Å². The number of rotatable bonds is 10. The van der Waals surface area contributed by atoms with E-state index in [0.717, 1.165) is 24.0 Å². The quantitative estimate of drug-likeness (QED) is 0.251. The lowest BCUT2D eigenvalue weighted by molar-refractivity contribution is -0.132. The number of amides is 4. The Morgan fingerprint density at radius 2 is 1.75 bits per heavy atom. The molecule has 13 heteroatoms. The summed E-state index contributed by atoms with van der Waals surface area (Å²) in [5.74, 6) is 0.993. The van der Waals surface area contributed by atoms with Crippen molar-refractivity contribution >= 4 is 23.6 Å². The molecule has 3 aromatic rings. The van der Waals surface area contributed by atoms with Crippen LogP contribution in [0.25, 0.3) is 0 Å². The fourth-order valence-electron chi connectivity index (χ4n) is 6.15. The second kappa shape index (κ2) is 17.9. The molecule has 3 aliphatic rings. The summed E-state index contributed by atoms with van der Waals surface area (Å²) in [6, 6.07) is 14.1. The van der Waals surface area contributed by atoms with Gasteiger partial charge in [0.25, 0.3) is 0 Å². The van der Waals surface area contributed by atoms with Gasteiger partial charge in [-0.1, -0.05) is 56.3 Å². The molecule has 4 N–H and O–H groups in total. The highest BCUT2D eigenvalue weighted by Crippen LogP contribution is 2.32. The van der Waals surface area contributed by atoms with Crippen molar-refractivity contribution in [1.29, 1.82) is 0 Å². The third kappa shape index (κ3) is 11.6. The summed E-state index contributed by atoms with van der Waals surface area (Å²) in [6.07, 6.45) is 4.27. The van der Waals surface area contributed by atoms with Crippen LogP contribution in [0, 0.1) is 11.8 Å². The minimum Gasteiger partial charge on any atom is -0.491 e. The summed E-state index contributed by atoms with van der Waals surface area (Å²) < 4.78 is 12.8. The van der Waals surface area contributed by atoms with Crippen molar-refractivity contribution in [3.63, 3.8) is 0 Å². The number of nitrogens with one attached hydrogen (secondary N) is 4. The van der Waals surface area contributed by atoms with E-state index in [0.29, 0.717) is 48.5 Å². The molecular weight excluding hydrogens is 650 g/mol. The average molecular weight is 702 g/mol. The molecule has 4 atom stereocenters. The van der Waals surface area contributed by atoms with Crippen LogP contribution >= 0.6 is 0 Å². The zero-order chi connectivity index (χ0) is 36.3. The maximum atomic E-state index is 13.8. The van der Waals surface area contributed by atoms with Crippen molar-refractivity contribution < 1.29 is 28.7 Å². The van der Waals surface area contributed by atoms with E-state index in [2.05, 4.69) is 35.1 Å². The van der Waals surface area contributed by atoms with Gasteiger partial charge in [0, 0.05) is 26.4 Å². The van der Waals surface area contributed by atoms with Crippen molar-refractivity contribution in [1.82, 2.24) is 36.0 Å². The second-order valence-corrected chi connectivity index (χ2v) is 14.1. The van der Waals surface area contributed by atoms with E-state index < -0.39 is 29.9 Å². The molecule has 3 heterocycles. The number of fused-ring (bicyclic) bond motifs is 14. The molecule has 0 radical (unpaired) electrons. The molecule has 0 saturated heterocycles. The Morgan fingerprint density at radius 3 is 2.43 bits per heavy atom. The Kier molecular flexibility index (Phi) is 13.2. The molecule has 0 spiro atoms. The molecule has 1 saturated carbocycles. The number of carbonyl (C=O) groups is 4. The van der Waals surface area contributed by atoms with Crippen LogP contribution in [0.4, 0.5) is 0 Å². The lowest BCUT2D eigenvalue weighted by Gasteiger charge is -2.25. The zero-order valence-corrected chi connectivity index (χ0v) is 30.0. The van der Waals surface area contributed by atoms with E-state index in [4.69, 9.17) is 19.6 Å². The number of hydrogen-bond acceptors (Lipinski definition) is 8. The largest absolute Gasteiger partial charge is 0.491 e. The third-order valence-electron chi connectivity index (χ3n) is 8.99. The lowest BCUT2D eigenvalue weighted by Crippen LogP contribution is -2.54. The lowest BCUT2D eigenvalue weighted by atomic mass is 10.0. The molecule has 274 valence electrons. The minimum atomic E-state index is -0.960. The van der Waals surface area contributed by atoms with E-state index in [1.54, 1.807) is 23.7 Å². The van der Waals surface area contributed by atoms with E-state index in [1.165, 1.54) is 7.11 Å². The highest BCUT2D eigenvalue weighted by molar-refractivity contribution is 5.92. The van der Waals surface area contributed by atoms with Gasteiger partial charge in [0.15, 0.2) is 11.6 Å². The van der Waals surface area contributed by atoms with Gasteiger partial charge >= 0.3 is 0 Å². The van der Waals surface area contributed by atoms with Gasteiger partial charge in [0.05, 0.1) is 18.7 Å². The highest BCUT2D eigenvalue weighted by Gasteiger charge is 2.31. The van der Waals surface area contributed by atoms with Crippen LogP contribution in [0.3, 0.4) is 0 Å². The van der Waals surface area contributed by atoms with E-state index in [9.17, 15) is 19.2 Å². The molecule has 1 fully saturated rings. The van der Waals surface area contributed by atoms with Crippen molar-refractivity contribution in [3.05, 3.63) is 77.4 Å². The molecule has 2 aromatic carbocycles. The van der Waals surface area contributed by atoms with Crippen LogP contribution in [-0.4, -0.2) is 76.8 Å². The smallest absolute Gasteiger partial charge is 0.243 e. The summed E-state index contributed by atoms with van der Waals surface area (Å²) in [5.41, 5.74) is 1.74. The molecular formula is C38H51N7O6. The minimum absolute atomic E-state index is 0.0851. The summed E-state index contributed by atoms with van der Waals surface area (Å²) >= 11 is 0. The fourth-order valence-corrected chi connectivity index (χ4v) is 6.15. The normalized spacial score (nSPS) is 21.9. The van der Waals surface area contributed by atoms with Crippen LogP contribution in [0.1, 0.15) is 75.3 Å². The van der Waals surface area contributed by atoms with Crippen LogP contribution in [0.2, 0.25) is 0 Å². The van der Waals surface area contributed by atoms with Crippen LogP contribution < -0.4 is 26.0 Å². The predicted molar refractivity (Wildman–Crippen MR) is 191 cm³/mol. The third-order valence-corrected chi connectivity index (χ3v) is 8.99. The molecule has 2 bridgehead atoms. The monoisotopic (exact) mass is 701 g/mol. The number of hydrogen-bond donors (Lipinski definition) is 4. The predicted octanol–water partition coefficient (Wildman–Crippen LogP) is 2.82. The first kappa shape index (κ1) is 37.5. The number of carbonyl (C=O) groups excluding carboxylic acids is 4. The van der Waals surface area contributed by atoms with Crippen LogP contribution in [0.5, 0.6) is 5.75 Å². The fraction of sp³-hybridized carbons (Fsp3) is 0.526. The maximum Gasteiger partial charge on any atom is 0.243 e. The van der Waals surface area contributed by atoms with Crippen molar-refractivity contribution in [2.45, 2.75) is 96.4 Å². The molecule has 51 heavy (non-hydrogen) atoms. The van der Waals surface area contributed by atoms with Gasteiger partial charge in [-0.25, -0.2) is 9.67 Å². The van der Waals surface area contributed by atoms with Gasteiger partial charge in [0.2, 0.25) is 23.6 Å². The highest BCUT2D eigenvalue weighted by atomic mass is 16.5. The molecule has 6 rings (SSSR count). The number of nitrogens with zero attached hydrogens (tertiary/aromatic N) is 3. The van der Waals surface area contributed by atoms with Gasteiger partial charge in [-0.05, 0) is 67.7 Å². The Labute approximate surface area is 299 Å². The van der Waals surface area contributed by atoms with Gasteiger partial charge in [-0.15, -0.1) is 0 Å². The number of methoxy groups -OCH3 is 1. The Hall–Kier alpha value is -4.78. The molecule has 1 aliphatic carbocycles. The number of aromatic nitrogens is 3. The van der Waals surface area contributed by atoms with E-state index in [1.807, 2.05) is 42.5 Å². The van der Waals surface area contributed by atoms with E-state index >= 15 is 0 Å². The van der Waals surface area contributed by atoms with Crippen LogP contribution in [-0.2, 0) is 49.7 Å². The Balaban J connectivity index is 1.48. The standard InChI is InChI=1S/C38H51N7O6/c1-24(2)18-29-23-51-30-14-12-27(13-15-30)20-32(41-34(46)16-17-50-4)38(49)39-25(3)37(48)42-31(19-26-8-6-5-7-9-26)36-43-33(21-28-10-11-28)44-45(36)22-35(47)40-29/h5-9,12-15,24-25,28-29,31-32H,10-11,16-23H2,1-4H3,(H,39,49)(H,40,47)(H,41,46)(H,42,48)/t25-,29+,31-,32+/m1/s1. The van der Waals surface area contributed by atoms with Gasteiger partial charge in [-0.3, -0.25) is 19.2 Å². The Bertz CT molecular complexity index is 1620. The average Bonchev–Trinajstić information content (AvgIpc) is 3.83. The number of benzene rings is 2. The summed E-state index contributed by atoms with van der Waals surface area (Å²) in [4.78, 5) is 58.8. The molecule has 2 aliphatic heterocycles. The van der Waals surface area contributed by atoms with Crippen molar-refractivity contribution in [2.75, 3.05) is 20.3 Å². The topological polar surface area (TPSA) is 166 Å². The zero-order valence-electron chi connectivity index (χ0n) is 30.0. The van der Waals surface area contributed by atoms with E-state index in [-0.39, 0.29) is 50.5 Å². The first-order chi connectivity index (χ1) is 24.6. The molecule has 4 amide bonds. The summed E-state index contributed by atoms with van der Waals surface area (Å²) in [6.45, 7) is 6.16. The van der Waals surface area contributed by atoms with Gasteiger partial charge < -0.3 is 30.7 Å².